The summed E-state index contributed by atoms with van der Waals surface area (Å²) in [7, 11) is 0. The standard InChI is InChI=1S/C17H25FO/c1-14(2)12-19-13-17(10-4-3-5-11-17)15-6-8-16(18)9-7-15/h6-9,14H,3-5,10-13H2,1-2H3. The minimum Gasteiger partial charge on any atom is -0.380 e. The maximum absolute atomic E-state index is 13.1. The topological polar surface area (TPSA) is 9.23 Å². The second-order valence-corrected chi connectivity index (χ2v) is 6.26. The molecule has 0 aromatic heterocycles. The van der Waals surface area contributed by atoms with Crippen LogP contribution in [0.3, 0.4) is 0 Å². The first kappa shape index (κ1) is 14.5. The van der Waals surface area contributed by atoms with Crippen molar-refractivity contribution in [1.82, 2.24) is 0 Å². The summed E-state index contributed by atoms with van der Waals surface area (Å²) >= 11 is 0. The number of halogens is 1. The van der Waals surface area contributed by atoms with Gasteiger partial charge in [0.2, 0.25) is 0 Å². The summed E-state index contributed by atoms with van der Waals surface area (Å²) in [5.74, 6) is 0.409. The number of ether oxygens (including phenoxy) is 1. The van der Waals surface area contributed by atoms with Gasteiger partial charge in [-0.15, -0.1) is 0 Å². The van der Waals surface area contributed by atoms with E-state index in [0.717, 1.165) is 26.1 Å². The van der Waals surface area contributed by atoms with Gasteiger partial charge < -0.3 is 4.74 Å². The van der Waals surface area contributed by atoms with Crippen LogP contribution in [-0.4, -0.2) is 13.2 Å². The van der Waals surface area contributed by atoms with Crippen LogP contribution in [0.2, 0.25) is 0 Å². The predicted molar refractivity (Wildman–Crippen MR) is 76.8 cm³/mol. The Morgan fingerprint density at radius 2 is 1.74 bits per heavy atom. The fourth-order valence-electron chi connectivity index (χ4n) is 3.04. The molecule has 0 unspecified atom stereocenters. The molecule has 0 heterocycles. The molecule has 1 aliphatic rings. The lowest BCUT2D eigenvalue weighted by molar-refractivity contribution is 0.0489. The smallest absolute Gasteiger partial charge is 0.123 e. The van der Waals surface area contributed by atoms with Gasteiger partial charge in [0.05, 0.1) is 6.61 Å². The summed E-state index contributed by atoms with van der Waals surface area (Å²) in [6.45, 7) is 5.93. The van der Waals surface area contributed by atoms with E-state index in [4.69, 9.17) is 4.74 Å². The Bertz CT molecular complexity index is 377. The molecule has 0 N–H and O–H groups in total. The van der Waals surface area contributed by atoms with Gasteiger partial charge in [0.25, 0.3) is 0 Å². The van der Waals surface area contributed by atoms with Crippen LogP contribution in [0, 0.1) is 11.7 Å². The largest absolute Gasteiger partial charge is 0.380 e. The lowest BCUT2D eigenvalue weighted by Crippen LogP contribution is -2.34. The molecule has 1 aromatic carbocycles. The maximum Gasteiger partial charge on any atom is 0.123 e. The van der Waals surface area contributed by atoms with E-state index >= 15 is 0 Å². The Morgan fingerprint density at radius 3 is 2.32 bits per heavy atom. The van der Waals surface area contributed by atoms with E-state index in [9.17, 15) is 4.39 Å². The summed E-state index contributed by atoms with van der Waals surface area (Å²) in [5, 5.41) is 0. The first-order valence-corrected chi connectivity index (χ1v) is 7.46. The molecule has 0 spiro atoms. The van der Waals surface area contributed by atoms with Crippen LogP contribution in [0.1, 0.15) is 51.5 Å². The molecule has 2 heteroatoms. The van der Waals surface area contributed by atoms with Gasteiger partial charge >= 0.3 is 0 Å². The fraction of sp³-hybridized carbons (Fsp3) is 0.647. The van der Waals surface area contributed by atoms with Crippen LogP contribution < -0.4 is 0 Å². The van der Waals surface area contributed by atoms with Gasteiger partial charge in [-0.25, -0.2) is 4.39 Å². The van der Waals surface area contributed by atoms with Crippen molar-refractivity contribution in [3.63, 3.8) is 0 Å². The lowest BCUT2D eigenvalue weighted by Gasteiger charge is -2.38. The van der Waals surface area contributed by atoms with Gasteiger partial charge in [-0.2, -0.15) is 0 Å². The third-order valence-electron chi connectivity index (χ3n) is 4.10. The highest BCUT2D eigenvalue weighted by molar-refractivity contribution is 5.26. The molecule has 1 nitrogen and oxygen atoms in total. The molecule has 0 saturated heterocycles. The van der Waals surface area contributed by atoms with Crippen molar-refractivity contribution in [2.75, 3.05) is 13.2 Å². The van der Waals surface area contributed by atoms with Crippen molar-refractivity contribution >= 4 is 0 Å². The molecule has 0 amide bonds. The highest BCUT2D eigenvalue weighted by Gasteiger charge is 2.34. The summed E-state index contributed by atoms with van der Waals surface area (Å²) in [6.07, 6.45) is 6.14. The zero-order chi connectivity index (χ0) is 13.7. The minimum atomic E-state index is -0.155. The van der Waals surface area contributed by atoms with Gasteiger partial charge in [-0.3, -0.25) is 0 Å². The summed E-state index contributed by atoms with van der Waals surface area (Å²) in [6, 6.07) is 7.04. The van der Waals surface area contributed by atoms with E-state index in [2.05, 4.69) is 13.8 Å². The Labute approximate surface area is 116 Å². The van der Waals surface area contributed by atoms with Gasteiger partial charge in [-0.1, -0.05) is 45.2 Å². The van der Waals surface area contributed by atoms with Crippen molar-refractivity contribution in [2.45, 2.75) is 51.4 Å². The molecule has 0 atom stereocenters. The van der Waals surface area contributed by atoms with Crippen molar-refractivity contribution in [3.8, 4) is 0 Å². The molecule has 1 aliphatic carbocycles. The van der Waals surface area contributed by atoms with E-state index in [0.29, 0.717) is 5.92 Å². The Balaban J connectivity index is 2.11. The van der Waals surface area contributed by atoms with Crippen LogP contribution in [0.5, 0.6) is 0 Å². The summed E-state index contributed by atoms with van der Waals surface area (Å²) < 4.78 is 19.0. The molecular weight excluding hydrogens is 239 g/mol. The second kappa shape index (κ2) is 6.51. The monoisotopic (exact) mass is 264 g/mol. The van der Waals surface area contributed by atoms with Gasteiger partial charge in [-0.05, 0) is 36.5 Å². The molecule has 0 radical (unpaired) electrons. The predicted octanol–water partition coefficient (Wildman–Crippen LogP) is 4.70. The molecule has 19 heavy (non-hydrogen) atoms. The molecule has 106 valence electrons. The first-order valence-electron chi connectivity index (χ1n) is 7.46. The zero-order valence-electron chi connectivity index (χ0n) is 12.1. The van der Waals surface area contributed by atoms with Crippen LogP contribution >= 0.6 is 0 Å². The first-order chi connectivity index (χ1) is 9.12. The van der Waals surface area contributed by atoms with E-state index in [1.807, 2.05) is 12.1 Å². The fourth-order valence-corrected chi connectivity index (χ4v) is 3.04. The van der Waals surface area contributed by atoms with E-state index in [-0.39, 0.29) is 11.2 Å². The Morgan fingerprint density at radius 1 is 1.11 bits per heavy atom. The van der Waals surface area contributed by atoms with Gasteiger partial charge in [0.15, 0.2) is 0 Å². The zero-order valence-corrected chi connectivity index (χ0v) is 12.1. The average molecular weight is 264 g/mol. The molecule has 1 aromatic rings. The number of rotatable bonds is 5. The minimum absolute atomic E-state index is 0.112. The summed E-state index contributed by atoms with van der Waals surface area (Å²) in [5.41, 5.74) is 1.36. The van der Waals surface area contributed by atoms with E-state index in [1.165, 1.54) is 24.8 Å². The van der Waals surface area contributed by atoms with Crippen LogP contribution in [0.15, 0.2) is 24.3 Å². The molecular formula is C17H25FO. The van der Waals surface area contributed by atoms with Crippen molar-refractivity contribution < 1.29 is 9.13 Å². The SMILES string of the molecule is CC(C)COCC1(c2ccc(F)cc2)CCCCC1. The Hall–Kier alpha value is -0.890. The molecule has 0 bridgehead atoms. The number of benzene rings is 1. The Kier molecular flexibility index (Phi) is 4.98. The van der Waals surface area contributed by atoms with Crippen LogP contribution in [0.25, 0.3) is 0 Å². The van der Waals surface area contributed by atoms with Gasteiger partial charge in [0.1, 0.15) is 5.82 Å². The highest BCUT2D eigenvalue weighted by atomic mass is 19.1. The quantitative estimate of drug-likeness (QED) is 0.749. The third-order valence-corrected chi connectivity index (χ3v) is 4.10. The van der Waals surface area contributed by atoms with E-state index in [1.54, 1.807) is 12.1 Å². The lowest BCUT2D eigenvalue weighted by atomic mass is 9.70. The molecule has 1 fully saturated rings. The van der Waals surface area contributed by atoms with Crippen LogP contribution in [-0.2, 0) is 10.2 Å². The average Bonchev–Trinajstić information content (AvgIpc) is 2.40. The molecule has 1 saturated carbocycles. The highest BCUT2D eigenvalue weighted by Crippen LogP contribution is 2.39. The van der Waals surface area contributed by atoms with Crippen molar-refractivity contribution in [2.24, 2.45) is 5.92 Å². The molecule has 0 aliphatic heterocycles. The molecule has 2 rings (SSSR count). The van der Waals surface area contributed by atoms with E-state index < -0.39 is 0 Å². The van der Waals surface area contributed by atoms with Crippen LogP contribution in [0.4, 0.5) is 4.39 Å². The van der Waals surface area contributed by atoms with Crippen molar-refractivity contribution in [3.05, 3.63) is 35.6 Å². The number of hydrogen-bond donors (Lipinski definition) is 0. The second-order valence-electron chi connectivity index (χ2n) is 6.26. The third kappa shape index (κ3) is 3.79. The summed E-state index contributed by atoms with van der Waals surface area (Å²) in [4.78, 5) is 0. The van der Waals surface area contributed by atoms with Gasteiger partial charge in [0, 0.05) is 12.0 Å². The maximum atomic E-state index is 13.1. The van der Waals surface area contributed by atoms with Crippen molar-refractivity contribution in [1.29, 1.82) is 0 Å². The number of hydrogen-bond acceptors (Lipinski definition) is 1. The normalized spacial score (nSPS) is 18.7.